The molecule has 0 radical (unpaired) electrons. The van der Waals surface area contributed by atoms with E-state index in [1.165, 1.54) is 12.1 Å². The average Bonchev–Trinajstić information content (AvgIpc) is 2.64. The Balaban J connectivity index is 1.88. The molecule has 0 aliphatic rings. The third-order valence-electron chi connectivity index (χ3n) is 3.41. The van der Waals surface area contributed by atoms with Crippen LogP contribution in [0.2, 0.25) is 0 Å². The van der Waals surface area contributed by atoms with Crippen molar-refractivity contribution < 1.29 is 18.3 Å². The van der Waals surface area contributed by atoms with Crippen LogP contribution in [0, 0.1) is 0 Å². The van der Waals surface area contributed by atoms with Gasteiger partial charge < -0.3 is 14.8 Å². The summed E-state index contributed by atoms with van der Waals surface area (Å²) in [6.07, 6.45) is 0. The SMILES string of the molecule is COc1ccc(CNC(=S)N/N=C(/C)c2cccc(OC(F)F)c2)cc1. The quantitative estimate of drug-likeness (QED) is 0.437. The number of hydrogen-bond donors (Lipinski definition) is 2. The van der Waals surface area contributed by atoms with E-state index in [9.17, 15) is 8.78 Å². The number of nitrogens with zero attached hydrogens (tertiary/aromatic N) is 1. The number of nitrogens with one attached hydrogen (secondary N) is 2. The van der Waals surface area contributed by atoms with Crippen LogP contribution in [0.4, 0.5) is 8.78 Å². The molecular weight excluding hydrogens is 360 g/mol. The van der Waals surface area contributed by atoms with E-state index in [2.05, 4.69) is 20.6 Å². The maximum atomic E-state index is 12.3. The van der Waals surface area contributed by atoms with Crippen LogP contribution in [0.15, 0.2) is 53.6 Å². The van der Waals surface area contributed by atoms with Crippen LogP contribution in [0.25, 0.3) is 0 Å². The predicted octanol–water partition coefficient (Wildman–Crippen LogP) is 3.68. The molecule has 0 aliphatic carbocycles. The first-order chi connectivity index (χ1) is 12.5. The maximum absolute atomic E-state index is 12.3. The van der Waals surface area contributed by atoms with Crippen LogP contribution in [0.3, 0.4) is 0 Å². The van der Waals surface area contributed by atoms with Crippen molar-refractivity contribution in [1.29, 1.82) is 0 Å². The average molecular weight is 379 g/mol. The van der Waals surface area contributed by atoms with Gasteiger partial charge in [0, 0.05) is 12.1 Å². The third-order valence-corrected chi connectivity index (χ3v) is 3.65. The molecule has 0 unspecified atom stereocenters. The number of methoxy groups -OCH3 is 1. The lowest BCUT2D eigenvalue weighted by molar-refractivity contribution is -0.0498. The molecule has 0 saturated heterocycles. The lowest BCUT2D eigenvalue weighted by Crippen LogP contribution is -2.32. The molecule has 0 fully saturated rings. The Morgan fingerprint density at radius 3 is 2.54 bits per heavy atom. The molecule has 2 aromatic carbocycles. The maximum Gasteiger partial charge on any atom is 0.387 e. The first kappa shape index (κ1) is 19.6. The molecule has 0 spiro atoms. The fourth-order valence-electron chi connectivity index (χ4n) is 2.06. The van der Waals surface area contributed by atoms with E-state index in [4.69, 9.17) is 17.0 Å². The molecule has 0 aliphatic heterocycles. The van der Waals surface area contributed by atoms with Gasteiger partial charge in [-0.15, -0.1) is 0 Å². The van der Waals surface area contributed by atoms with E-state index in [-0.39, 0.29) is 5.75 Å². The molecule has 0 amide bonds. The molecule has 2 rings (SSSR count). The Morgan fingerprint density at radius 1 is 1.15 bits per heavy atom. The number of hydrogen-bond acceptors (Lipinski definition) is 4. The van der Waals surface area contributed by atoms with Crippen LogP contribution in [0.1, 0.15) is 18.1 Å². The van der Waals surface area contributed by atoms with E-state index >= 15 is 0 Å². The van der Waals surface area contributed by atoms with E-state index in [1.54, 1.807) is 26.2 Å². The topological polar surface area (TPSA) is 54.9 Å². The van der Waals surface area contributed by atoms with Crippen molar-refractivity contribution >= 4 is 23.0 Å². The molecule has 0 saturated carbocycles. The zero-order chi connectivity index (χ0) is 18.9. The highest BCUT2D eigenvalue weighted by Gasteiger charge is 2.06. The highest BCUT2D eigenvalue weighted by atomic mass is 32.1. The molecule has 5 nitrogen and oxygen atoms in total. The van der Waals surface area contributed by atoms with Gasteiger partial charge in [0.25, 0.3) is 0 Å². The van der Waals surface area contributed by atoms with Crippen molar-refractivity contribution in [3.63, 3.8) is 0 Å². The highest BCUT2D eigenvalue weighted by molar-refractivity contribution is 7.80. The zero-order valence-corrected chi connectivity index (χ0v) is 15.1. The number of halogens is 2. The number of alkyl halides is 2. The van der Waals surface area contributed by atoms with Crippen LogP contribution in [-0.2, 0) is 6.54 Å². The molecule has 0 heterocycles. The first-order valence-corrected chi connectivity index (χ1v) is 8.15. The van der Waals surface area contributed by atoms with Crippen LogP contribution in [0.5, 0.6) is 11.5 Å². The molecule has 0 bridgehead atoms. The Labute approximate surface area is 156 Å². The summed E-state index contributed by atoms with van der Waals surface area (Å²) in [7, 11) is 1.61. The monoisotopic (exact) mass is 379 g/mol. The van der Waals surface area contributed by atoms with Crippen LogP contribution >= 0.6 is 12.2 Å². The van der Waals surface area contributed by atoms with Crippen LogP contribution in [-0.4, -0.2) is 24.5 Å². The standard InChI is InChI=1S/C18H19F2N3O2S/c1-12(14-4-3-5-16(10-14)25-17(19)20)22-23-18(26)21-11-13-6-8-15(24-2)9-7-13/h3-10,17H,11H2,1-2H3,(H2,21,23,26)/b22-12-. The highest BCUT2D eigenvalue weighted by Crippen LogP contribution is 2.16. The fourth-order valence-corrected chi connectivity index (χ4v) is 2.18. The van der Waals surface area contributed by atoms with Gasteiger partial charge in [0.2, 0.25) is 0 Å². The van der Waals surface area contributed by atoms with Gasteiger partial charge >= 0.3 is 6.61 Å². The number of hydrazone groups is 1. The Morgan fingerprint density at radius 2 is 1.88 bits per heavy atom. The summed E-state index contributed by atoms with van der Waals surface area (Å²) in [4.78, 5) is 0. The van der Waals surface area contributed by atoms with E-state index in [1.807, 2.05) is 24.3 Å². The minimum atomic E-state index is -2.87. The summed E-state index contributed by atoms with van der Waals surface area (Å²) in [6, 6.07) is 13.9. The Hall–Kier alpha value is -2.74. The van der Waals surface area contributed by atoms with Crippen molar-refractivity contribution in [2.45, 2.75) is 20.1 Å². The summed E-state index contributed by atoms with van der Waals surface area (Å²) < 4.78 is 34.0. The van der Waals surface area contributed by atoms with Crippen molar-refractivity contribution in [2.24, 2.45) is 5.10 Å². The molecule has 2 aromatic rings. The number of ether oxygens (including phenoxy) is 2. The second-order valence-electron chi connectivity index (χ2n) is 5.25. The third kappa shape index (κ3) is 6.29. The van der Waals surface area contributed by atoms with Gasteiger partial charge in [0.1, 0.15) is 11.5 Å². The Bertz CT molecular complexity index is 767. The molecule has 26 heavy (non-hydrogen) atoms. The number of benzene rings is 2. The van der Waals surface area contributed by atoms with Gasteiger partial charge in [-0.05, 0) is 49.0 Å². The summed E-state index contributed by atoms with van der Waals surface area (Å²) in [5.41, 5.74) is 4.99. The van der Waals surface area contributed by atoms with Gasteiger partial charge in [-0.25, -0.2) is 0 Å². The van der Waals surface area contributed by atoms with Gasteiger partial charge in [-0.1, -0.05) is 24.3 Å². The largest absolute Gasteiger partial charge is 0.497 e. The number of thiocarbonyl (C=S) groups is 1. The van der Waals surface area contributed by atoms with Gasteiger partial charge in [-0.3, -0.25) is 5.43 Å². The molecular formula is C18H19F2N3O2S. The van der Waals surface area contributed by atoms with Crippen LogP contribution < -0.4 is 20.2 Å². The van der Waals surface area contributed by atoms with Crippen molar-refractivity contribution in [3.05, 3.63) is 59.7 Å². The lowest BCUT2D eigenvalue weighted by Gasteiger charge is -2.09. The van der Waals surface area contributed by atoms with Gasteiger partial charge in [0.15, 0.2) is 5.11 Å². The molecule has 138 valence electrons. The predicted molar refractivity (Wildman–Crippen MR) is 101 cm³/mol. The Kier molecular flexibility index (Phi) is 7.28. The summed E-state index contributed by atoms with van der Waals surface area (Å²) in [5.74, 6) is 0.861. The normalized spacial score (nSPS) is 11.2. The minimum absolute atomic E-state index is 0.0762. The first-order valence-electron chi connectivity index (χ1n) is 7.74. The molecule has 8 heteroatoms. The smallest absolute Gasteiger partial charge is 0.387 e. The molecule has 0 aromatic heterocycles. The van der Waals surface area contributed by atoms with Gasteiger partial charge in [0.05, 0.1) is 12.8 Å². The lowest BCUT2D eigenvalue weighted by atomic mass is 10.1. The second kappa shape index (κ2) is 9.67. The summed E-state index contributed by atoms with van der Waals surface area (Å²) in [6.45, 7) is -0.599. The van der Waals surface area contributed by atoms with E-state index in [0.717, 1.165) is 11.3 Å². The van der Waals surface area contributed by atoms with Crippen molar-refractivity contribution in [1.82, 2.24) is 10.7 Å². The summed E-state index contributed by atoms with van der Waals surface area (Å²) in [5, 5.41) is 7.53. The second-order valence-corrected chi connectivity index (χ2v) is 5.65. The van der Waals surface area contributed by atoms with Gasteiger partial charge in [-0.2, -0.15) is 13.9 Å². The minimum Gasteiger partial charge on any atom is -0.497 e. The van der Waals surface area contributed by atoms with Crippen molar-refractivity contribution in [3.8, 4) is 11.5 Å². The van der Waals surface area contributed by atoms with E-state index < -0.39 is 6.61 Å². The summed E-state index contributed by atoms with van der Waals surface area (Å²) >= 11 is 5.18. The number of rotatable bonds is 7. The van der Waals surface area contributed by atoms with E-state index in [0.29, 0.717) is 22.9 Å². The molecule has 2 N–H and O–H groups in total. The van der Waals surface area contributed by atoms with Crippen molar-refractivity contribution in [2.75, 3.05) is 7.11 Å². The molecule has 0 atom stereocenters. The zero-order valence-electron chi connectivity index (χ0n) is 14.3. The fraction of sp³-hybridized carbons (Fsp3) is 0.222.